The standard InChI is InChI=1S/C21H22ClF3N4O3/c1-2-18(30)27-15-5-3-14(4-6-15)20(31)29-8-7-13(11-29)9-17-26-10-16(22)19(28-17)32-12-21(23,24)25/h3-6,10,13H,2,7-9,11-12H2,1H3,(H,27,30)/t13-/m0/s1. The average molecular weight is 471 g/mol. The molecule has 1 aromatic heterocycles. The molecule has 1 aliphatic rings. The Hall–Kier alpha value is -2.88. The first-order valence-electron chi connectivity index (χ1n) is 10.0. The zero-order valence-corrected chi connectivity index (χ0v) is 18.0. The van der Waals surface area contributed by atoms with Crippen molar-refractivity contribution in [2.45, 2.75) is 32.4 Å². The molecule has 0 bridgehead atoms. The van der Waals surface area contributed by atoms with Crippen LogP contribution in [0, 0.1) is 5.92 Å². The van der Waals surface area contributed by atoms with E-state index in [4.69, 9.17) is 11.6 Å². The van der Waals surface area contributed by atoms with Crippen molar-refractivity contribution < 1.29 is 27.5 Å². The molecule has 2 aromatic rings. The van der Waals surface area contributed by atoms with Crippen LogP contribution in [0.25, 0.3) is 0 Å². The van der Waals surface area contributed by atoms with Crippen molar-refractivity contribution >= 4 is 29.1 Å². The number of ether oxygens (including phenoxy) is 1. The first-order chi connectivity index (χ1) is 15.1. The second-order valence-electron chi connectivity index (χ2n) is 7.43. The first-order valence-corrected chi connectivity index (χ1v) is 10.4. The second kappa shape index (κ2) is 10.2. The van der Waals surface area contributed by atoms with Crippen LogP contribution in [0.5, 0.6) is 5.88 Å². The molecular weight excluding hydrogens is 449 g/mol. The number of anilines is 1. The molecule has 3 rings (SSSR count). The lowest BCUT2D eigenvalue weighted by molar-refractivity contribution is -0.154. The molecular formula is C21H22ClF3N4O3. The number of hydrogen-bond acceptors (Lipinski definition) is 5. The van der Waals surface area contributed by atoms with E-state index in [1.54, 1.807) is 36.1 Å². The Morgan fingerprint density at radius 1 is 1.28 bits per heavy atom. The fourth-order valence-corrected chi connectivity index (χ4v) is 3.45. The summed E-state index contributed by atoms with van der Waals surface area (Å²) in [5.74, 6) is -0.189. The highest BCUT2D eigenvalue weighted by atomic mass is 35.5. The minimum absolute atomic E-state index is 0.0544. The molecule has 1 N–H and O–H groups in total. The lowest BCUT2D eigenvalue weighted by atomic mass is 10.0. The van der Waals surface area contributed by atoms with Gasteiger partial charge in [-0.2, -0.15) is 18.2 Å². The molecule has 0 radical (unpaired) electrons. The van der Waals surface area contributed by atoms with E-state index in [0.717, 1.165) is 0 Å². The number of amides is 2. The Kier molecular flexibility index (Phi) is 7.55. The van der Waals surface area contributed by atoms with Crippen molar-refractivity contribution in [1.29, 1.82) is 0 Å². The van der Waals surface area contributed by atoms with Crippen LogP contribution in [0.3, 0.4) is 0 Å². The van der Waals surface area contributed by atoms with Gasteiger partial charge in [0.15, 0.2) is 6.61 Å². The minimum Gasteiger partial charge on any atom is -0.467 e. The van der Waals surface area contributed by atoms with Gasteiger partial charge in [-0.15, -0.1) is 0 Å². The van der Waals surface area contributed by atoms with Crippen LogP contribution in [0.1, 0.15) is 35.9 Å². The highest BCUT2D eigenvalue weighted by Gasteiger charge is 2.30. The van der Waals surface area contributed by atoms with E-state index in [-0.39, 0.29) is 28.6 Å². The number of nitrogens with one attached hydrogen (secondary N) is 1. The molecule has 11 heteroatoms. The van der Waals surface area contributed by atoms with Gasteiger partial charge in [0.25, 0.3) is 5.91 Å². The highest BCUT2D eigenvalue weighted by molar-refractivity contribution is 6.31. The van der Waals surface area contributed by atoms with Crippen molar-refractivity contribution in [2.24, 2.45) is 5.92 Å². The van der Waals surface area contributed by atoms with Crippen molar-refractivity contribution in [3.05, 3.63) is 46.9 Å². The van der Waals surface area contributed by atoms with E-state index in [1.165, 1.54) is 6.20 Å². The summed E-state index contributed by atoms with van der Waals surface area (Å²) in [4.78, 5) is 34.0. The third kappa shape index (κ3) is 6.56. The molecule has 0 saturated carbocycles. The van der Waals surface area contributed by atoms with Gasteiger partial charge in [0.1, 0.15) is 10.8 Å². The molecule has 2 heterocycles. The number of hydrogen-bond donors (Lipinski definition) is 1. The van der Waals surface area contributed by atoms with Gasteiger partial charge < -0.3 is 15.0 Å². The summed E-state index contributed by atoms with van der Waals surface area (Å²) in [6.45, 7) is 1.28. The van der Waals surface area contributed by atoms with Crippen LogP contribution < -0.4 is 10.1 Å². The van der Waals surface area contributed by atoms with Gasteiger partial charge in [0, 0.05) is 37.2 Å². The van der Waals surface area contributed by atoms with Crippen molar-refractivity contribution in [2.75, 3.05) is 25.0 Å². The number of halogens is 4. The zero-order chi connectivity index (χ0) is 23.3. The number of carbonyl (C=O) groups excluding carboxylic acids is 2. The molecule has 32 heavy (non-hydrogen) atoms. The van der Waals surface area contributed by atoms with Gasteiger partial charge >= 0.3 is 6.18 Å². The Morgan fingerprint density at radius 3 is 2.66 bits per heavy atom. The summed E-state index contributed by atoms with van der Waals surface area (Å²) in [5.41, 5.74) is 1.13. The average Bonchev–Trinajstić information content (AvgIpc) is 3.22. The summed E-state index contributed by atoms with van der Waals surface area (Å²) in [6.07, 6.45) is -1.83. The van der Waals surface area contributed by atoms with Crippen LogP contribution in [-0.2, 0) is 11.2 Å². The SMILES string of the molecule is CCC(=O)Nc1ccc(C(=O)N2CC[C@@H](Cc3ncc(Cl)c(OCC(F)(F)F)n3)C2)cc1. The second-order valence-corrected chi connectivity index (χ2v) is 7.84. The Bertz CT molecular complexity index is 970. The van der Waals surface area contributed by atoms with Gasteiger partial charge in [-0.1, -0.05) is 18.5 Å². The molecule has 1 aliphatic heterocycles. The van der Waals surface area contributed by atoms with Crippen LogP contribution in [0.15, 0.2) is 30.5 Å². The number of carbonyl (C=O) groups is 2. The van der Waals surface area contributed by atoms with Crippen LogP contribution >= 0.6 is 11.6 Å². The number of rotatable bonds is 7. The maximum atomic E-state index is 12.8. The highest BCUT2D eigenvalue weighted by Crippen LogP contribution is 2.26. The lowest BCUT2D eigenvalue weighted by Gasteiger charge is -2.17. The smallest absolute Gasteiger partial charge is 0.422 e. The normalized spacial score (nSPS) is 16.2. The first kappa shape index (κ1) is 23.8. The molecule has 2 amide bonds. The number of benzene rings is 1. The molecule has 1 fully saturated rings. The van der Waals surface area contributed by atoms with Crippen LogP contribution in [0.2, 0.25) is 5.02 Å². The third-order valence-corrected chi connectivity index (χ3v) is 5.17. The van der Waals surface area contributed by atoms with Crippen LogP contribution in [0.4, 0.5) is 18.9 Å². The number of nitrogens with zero attached hydrogens (tertiary/aromatic N) is 3. The van der Waals surface area contributed by atoms with Gasteiger partial charge in [-0.25, -0.2) is 4.98 Å². The summed E-state index contributed by atoms with van der Waals surface area (Å²) in [7, 11) is 0. The van der Waals surface area contributed by atoms with E-state index in [2.05, 4.69) is 20.0 Å². The molecule has 0 unspecified atom stereocenters. The number of alkyl halides is 3. The molecule has 1 atom stereocenters. The summed E-state index contributed by atoms with van der Waals surface area (Å²) in [6, 6.07) is 6.68. The molecule has 172 valence electrons. The fraction of sp³-hybridized carbons (Fsp3) is 0.429. The monoisotopic (exact) mass is 470 g/mol. The predicted octanol–water partition coefficient (Wildman–Crippen LogP) is 4.12. The third-order valence-electron chi connectivity index (χ3n) is 4.92. The number of likely N-dealkylation sites (tertiary alicyclic amines) is 1. The molecule has 1 aromatic carbocycles. The topological polar surface area (TPSA) is 84.4 Å². The Balaban J connectivity index is 1.57. The van der Waals surface area contributed by atoms with Crippen molar-refractivity contribution in [3.8, 4) is 5.88 Å². The lowest BCUT2D eigenvalue weighted by Crippen LogP contribution is -2.29. The Labute approximate surface area is 187 Å². The molecule has 0 spiro atoms. The summed E-state index contributed by atoms with van der Waals surface area (Å²) >= 11 is 5.83. The predicted molar refractivity (Wildman–Crippen MR) is 112 cm³/mol. The quantitative estimate of drug-likeness (QED) is 0.658. The largest absolute Gasteiger partial charge is 0.467 e. The van der Waals surface area contributed by atoms with E-state index in [0.29, 0.717) is 49.4 Å². The number of aromatic nitrogens is 2. The van der Waals surface area contributed by atoms with Gasteiger partial charge in [0.05, 0.1) is 6.20 Å². The fourth-order valence-electron chi connectivity index (χ4n) is 3.31. The van der Waals surface area contributed by atoms with Gasteiger partial charge in [-0.3, -0.25) is 9.59 Å². The van der Waals surface area contributed by atoms with E-state index in [9.17, 15) is 22.8 Å². The van der Waals surface area contributed by atoms with E-state index >= 15 is 0 Å². The summed E-state index contributed by atoms with van der Waals surface area (Å²) in [5, 5.41) is 2.63. The maximum Gasteiger partial charge on any atom is 0.422 e. The minimum atomic E-state index is -4.50. The van der Waals surface area contributed by atoms with Crippen molar-refractivity contribution in [3.63, 3.8) is 0 Å². The molecule has 0 aliphatic carbocycles. The van der Waals surface area contributed by atoms with Crippen molar-refractivity contribution in [1.82, 2.24) is 14.9 Å². The maximum absolute atomic E-state index is 12.8. The zero-order valence-electron chi connectivity index (χ0n) is 17.3. The van der Waals surface area contributed by atoms with E-state index < -0.39 is 12.8 Å². The molecule has 7 nitrogen and oxygen atoms in total. The van der Waals surface area contributed by atoms with E-state index in [1.807, 2.05) is 0 Å². The molecule has 1 saturated heterocycles. The van der Waals surface area contributed by atoms with Gasteiger partial charge in [-0.05, 0) is 36.6 Å². The Morgan fingerprint density at radius 2 is 2.00 bits per heavy atom. The summed E-state index contributed by atoms with van der Waals surface area (Å²) < 4.78 is 41.8. The van der Waals surface area contributed by atoms with Gasteiger partial charge in [0.2, 0.25) is 11.8 Å². The van der Waals surface area contributed by atoms with Crippen LogP contribution in [-0.4, -0.2) is 52.6 Å².